The summed E-state index contributed by atoms with van der Waals surface area (Å²) in [6.07, 6.45) is -2.44. The van der Waals surface area contributed by atoms with E-state index in [0.717, 1.165) is 42.6 Å². The SMILES string of the molecule is CCNC(=NCc1nc(C(F)(F)F)cs1)NC1CCN(c2cccs2)CC1. The molecular weight excluding hydrogens is 395 g/mol. The summed E-state index contributed by atoms with van der Waals surface area (Å²) in [5, 5.41) is 11.3. The molecule has 1 fully saturated rings. The van der Waals surface area contributed by atoms with Crippen molar-refractivity contribution in [2.24, 2.45) is 4.99 Å². The second kappa shape index (κ2) is 8.92. The topological polar surface area (TPSA) is 52.6 Å². The largest absolute Gasteiger partial charge is 0.434 e. The molecule has 10 heteroatoms. The van der Waals surface area contributed by atoms with Crippen LogP contribution >= 0.6 is 22.7 Å². The monoisotopic (exact) mass is 417 g/mol. The van der Waals surface area contributed by atoms with Gasteiger partial charge in [-0.1, -0.05) is 0 Å². The molecule has 0 aliphatic carbocycles. The molecular formula is C17H22F3N5S2. The predicted octanol–water partition coefficient (Wildman–Crippen LogP) is 3.95. The number of hydrogen-bond donors (Lipinski definition) is 2. The molecule has 0 aromatic carbocycles. The molecule has 1 saturated heterocycles. The number of alkyl halides is 3. The average molecular weight is 418 g/mol. The third kappa shape index (κ3) is 5.58. The molecule has 27 heavy (non-hydrogen) atoms. The van der Waals surface area contributed by atoms with Crippen LogP contribution in [0, 0.1) is 0 Å². The van der Waals surface area contributed by atoms with E-state index in [1.807, 2.05) is 6.92 Å². The highest BCUT2D eigenvalue weighted by Crippen LogP contribution is 2.30. The van der Waals surface area contributed by atoms with E-state index < -0.39 is 11.9 Å². The van der Waals surface area contributed by atoms with Crippen molar-refractivity contribution < 1.29 is 13.2 Å². The molecule has 5 nitrogen and oxygen atoms in total. The number of piperidine rings is 1. The maximum absolute atomic E-state index is 12.6. The smallest absolute Gasteiger partial charge is 0.363 e. The highest BCUT2D eigenvalue weighted by atomic mass is 32.1. The van der Waals surface area contributed by atoms with Gasteiger partial charge in [0.2, 0.25) is 0 Å². The van der Waals surface area contributed by atoms with Gasteiger partial charge < -0.3 is 15.5 Å². The lowest BCUT2D eigenvalue weighted by atomic mass is 10.1. The number of guanidine groups is 1. The number of thiophene rings is 1. The Morgan fingerprint density at radius 3 is 2.70 bits per heavy atom. The van der Waals surface area contributed by atoms with Crippen molar-refractivity contribution in [1.29, 1.82) is 0 Å². The maximum atomic E-state index is 12.6. The molecule has 2 aromatic rings. The van der Waals surface area contributed by atoms with Crippen LogP contribution < -0.4 is 15.5 Å². The normalized spacial score (nSPS) is 16.6. The summed E-state index contributed by atoms with van der Waals surface area (Å²) in [4.78, 5) is 10.4. The highest BCUT2D eigenvalue weighted by Gasteiger charge is 2.33. The van der Waals surface area contributed by atoms with Gasteiger partial charge in [-0.3, -0.25) is 0 Å². The maximum Gasteiger partial charge on any atom is 0.434 e. The summed E-state index contributed by atoms with van der Waals surface area (Å²) in [5.74, 6) is 0.621. The molecule has 148 valence electrons. The Morgan fingerprint density at radius 1 is 1.33 bits per heavy atom. The first-order valence-corrected chi connectivity index (χ1v) is 10.6. The zero-order valence-corrected chi connectivity index (χ0v) is 16.6. The van der Waals surface area contributed by atoms with Crippen molar-refractivity contribution in [3.63, 3.8) is 0 Å². The van der Waals surface area contributed by atoms with Gasteiger partial charge in [0, 0.05) is 31.1 Å². The molecule has 0 bridgehead atoms. The fraction of sp³-hybridized carbons (Fsp3) is 0.529. The number of nitrogens with zero attached hydrogens (tertiary/aromatic N) is 3. The van der Waals surface area contributed by atoms with Gasteiger partial charge in [0.1, 0.15) is 5.01 Å². The molecule has 0 atom stereocenters. The Morgan fingerprint density at radius 2 is 2.11 bits per heavy atom. The summed E-state index contributed by atoms with van der Waals surface area (Å²) in [7, 11) is 0. The fourth-order valence-corrected chi connectivity index (χ4v) is 4.38. The number of halogens is 3. The molecule has 1 aliphatic heterocycles. The first-order chi connectivity index (χ1) is 13.0. The van der Waals surface area contributed by atoms with Crippen molar-refractivity contribution in [2.45, 2.75) is 38.5 Å². The van der Waals surface area contributed by atoms with Crippen LogP contribution in [0.1, 0.15) is 30.5 Å². The summed E-state index contributed by atoms with van der Waals surface area (Å²) < 4.78 is 37.9. The van der Waals surface area contributed by atoms with E-state index in [4.69, 9.17) is 0 Å². The number of aliphatic imine (C=N–C) groups is 1. The molecule has 3 rings (SSSR count). The third-order valence-corrected chi connectivity index (χ3v) is 5.98. The minimum Gasteiger partial charge on any atom is -0.363 e. The molecule has 0 radical (unpaired) electrons. The summed E-state index contributed by atoms with van der Waals surface area (Å²) in [6.45, 7) is 4.72. The summed E-state index contributed by atoms with van der Waals surface area (Å²) >= 11 is 2.73. The number of rotatable bonds is 5. The van der Waals surface area contributed by atoms with Gasteiger partial charge in [-0.05, 0) is 37.3 Å². The van der Waals surface area contributed by atoms with Crippen molar-refractivity contribution in [2.75, 3.05) is 24.5 Å². The zero-order valence-electron chi connectivity index (χ0n) is 14.9. The van der Waals surface area contributed by atoms with Gasteiger partial charge in [0.05, 0.1) is 11.5 Å². The highest BCUT2D eigenvalue weighted by molar-refractivity contribution is 7.14. The van der Waals surface area contributed by atoms with Crippen LogP contribution in [0.25, 0.3) is 0 Å². The number of thiazole rings is 1. The van der Waals surface area contributed by atoms with Crippen LogP contribution in [0.5, 0.6) is 0 Å². The minimum absolute atomic E-state index is 0.129. The number of anilines is 1. The van der Waals surface area contributed by atoms with Crippen molar-refractivity contribution >= 4 is 33.6 Å². The van der Waals surface area contributed by atoms with E-state index in [2.05, 4.69) is 43.0 Å². The van der Waals surface area contributed by atoms with Crippen LogP contribution in [0.15, 0.2) is 27.9 Å². The quantitative estimate of drug-likeness (QED) is 0.571. The van der Waals surface area contributed by atoms with E-state index in [1.54, 1.807) is 11.3 Å². The van der Waals surface area contributed by atoms with Crippen molar-refractivity contribution in [1.82, 2.24) is 15.6 Å². The van der Waals surface area contributed by atoms with Crippen LogP contribution in [0.2, 0.25) is 0 Å². The second-order valence-corrected chi connectivity index (χ2v) is 8.05. The van der Waals surface area contributed by atoms with E-state index in [0.29, 0.717) is 23.6 Å². The van der Waals surface area contributed by atoms with Gasteiger partial charge in [0.15, 0.2) is 11.7 Å². The number of aromatic nitrogens is 1. The number of hydrogen-bond acceptors (Lipinski definition) is 5. The Kier molecular flexibility index (Phi) is 6.59. The fourth-order valence-electron chi connectivity index (χ4n) is 2.87. The summed E-state index contributed by atoms with van der Waals surface area (Å²) in [5.41, 5.74) is -0.850. The van der Waals surface area contributed by atoms with E-state index in [9.17, 15) is 13.2 Å². The molecule has 3 heterocycles. The van der Waals surface area contributed by atoms with Crippen LogP contribution in [-0.2, 0) is 12.7 Å². The molecule has 0 unspecified atom stereocenters. The third-order valence-electron chi connectivity index (χ3n) is 4.21. The van der Waals surface area contributed by atoms with Gasteiger partial charge in [-0.25, -0.2) is 9.98 Å². The minimum atomic E-state index is -4.41. The average Bonchev–Trinajstić information content (AvgIpc) is 3.32. The molecule has 2 aromatic heterocycles. The Bertz CT molecular complexity index is 734. The standard InChI is InChI=1S/C17H22F3N5S2/c1-2-21-16(22-10-14-24-13(11-27-14)17(18,19)20)23-12-5-7-25(8-6-12)15-4-3-9-26-15/h3-4,9,11-12H,2,5-8,10H2,1H3,(H2,21,22,23). The first-order valence-electron chi connectivity index (χ1n) is 8.80. The van der Waals surface area contributed by atoms with Crippen LogP contribution in [0.3, 0.4) is 0 Å². The second-order valence-electron chi connectivity index (χ2n) is 6.18. The molecule has 0 amide bonds. The Balaban J connectivity index is 1.54. The van der Waals surface area contributed by atoms with E-state index >= 15 is 0 Å². The Hall–Kier alpha value is -1.81. The van der Waals surface area contributed by atoms with Crippen molar-refractivity contribution in [3.05, 3.63) is 33.6 Å². The Labute approximate surface area is 164 Å². The molecule has 1 aliphatic rings. The summed E-state index contributed by atoms with van der Waals surface area (Å²) in [6, 6.07) is 4.48. The van der Waals surface area contributed by atoms with Crippen LogP contribution in [-0.4, -0.2) is 36.6 Å². The lowest BCUT2D eigenvalue weighted by Crippen LogP contribution is -2.48. The lowest BCUT2D eigenvalue weighted by molar-refractivity contribution is -0.140. The van der Waals surface area contributed by atoms with Gasteiger partial charge in [-0.15, -0.1) is 22.7 Å². The lowest BCUT2D eigenvalue weighted by Gasteiger charge is -2.33. The first kappa shape index (κ1) is 19.9. The van der Waals surface area contributed by atoms with E-state index in [1.165, 1.54) is 5.00 Å². The van der Waals surface area contributed by atoms with E-state index in [-0.39, 0.29) is 6.54 Å². The van der Waals surface area contributed by atoms with Gasteiger partial charge in [0.25, 0.3) is 0 Å². The molecule has 2 N–H and O–H groups in total. The molecule has 0 saturated carbocycles. The van der Waals surface area contributed by atoms with Crippen molar-refractivity contribution in [3.8, 4) is 0 Å². The zero-order chi connectivity index (χ0) is 19.3. The molecule has 0 spiro atoms. The predicted molar refractivity (Wildman–Crippen MR) is 105 cm³/mol. The van der Waals surface area contributed by atoms with Gasteiger partial charge >= 0.3 is 6.18 Å². The van der Waals surface area contributed by atoms with Crippen LogP contribution in [0.4, 0.5) is 18.2 Å². The van der Waals surface area contributed by atoms with Gasteiger partial charge in [-0.2, -0.15) is 13.2 Å². The number of nitrogens with one attached hydrogen (secondary N) is 2.